The molecule has 3 aromatic carbocycles. The van der Waals surface area contributed by atoms with Crippen molar-refractivity contribution in [3.05, 3.63) is 89.5 Å². The van der Waals surface area contributed by atoms with Gasteiger partial charge in [-0.3, -0.25) is 4.79 Å². The van der Waals surface area contributed by atoms with Gasteiger partial charge in [0.1, 0.15) is 22.8 Å². The lowest BCUT2D eigenvalue weighted by molar-refractivity contribution is -0.121. The molecule has 6 heteroatoms. The standard InChI is InChI=1S/C30H37NO5/c1-3-22(2)21-31-29(34)7-5-4-6-20-36-28-18-12-25(13-19-28)30(35,23-8-14-26(32)15-9-23)24-10-16-27(33)17-11-24/h8-19,22,32-33,35H,3-7,20-21H2,1-2H3,(H,31,34). The van der Waals surface area contributed by atoms with Gasteiger partial charge in [0.2, 0.25) is 5.91 Å². The summed E-state index contributed by atoms with van der Waals surface area (Å²) in [5.41, 5.74) is 0.338. The van der Waals surface area contributed by atoms with Gasteiger partial charge in [-0.25, -0.2) is 0 Å². The average Bonchev–Trinajstić information content (AvgIpc) is 2.90. The first-order valence-electron chi connectivity index (χ1n) is 12.6. The van der Waals surface area contributed by atoms with Crippen molar-refractivity contribution in [3.63, 3.8) is 0 Å². The Morgan fingerprint density at radius 1 is 0.833 bits per heavy atom. The largest absolute Gasteiger partial charge is 0.508 e. The van der Waals surface area contributed by atoms with Crippen LogP contribution in [0.4, 0.5) is 0 Å². The fraction of sp³-hybridized carbons (Fsp3) is 0.367. The third-order valence-corrected chi connectivity index (χ3v) is 6.50. The lowest BCUT2D eigenvalue weighted by Gasteiger charge is -2.30. The number of phenolic OH excluding ortho intramolecular Hbond substituents is 2. The molecule has 0 radical (unpaired) electrons. The fourth-order valence-electron chi connectivity index (χ4n) is 3.97. The van der Waals surface area contributed by atoms with Gasteiger partial charge in [-0.2, -0.15) is 0 Å². The zero-order valence-corrected chi connectivity index (χ0v) is 21.1. The van der Waals surface area contributed by atoms with E-state index in [9.17, 15) is 20.1 Å². The SMILES string of the molecule is CCC(C)CNC(=O)CCCCCOc1ccc(C(O)(c2ccc(O)cc2)c2ccc(O)cc2)cc1. The molecule has 36 heavy (non-hydrogen) atoms. The van der Waals surface area contributed by atoms with E-state index in [-0.39, 0.29) is 17.4 Å². The highest BCUT2D eigenvalue weighted by molar-refractivity contribution is 5.75. The van der Waals surface area contributed by atoms with Gasteiger partial charge in [-0.1, -0.05) is 56.7 Å². The van der Waals surface area contributed by atoms with Gasteiger partial charge >= 0.3 is 0 Å². The Bertz CT molecular complexity index is 1030. The van der Waals surface area contributed by atoms with Crippen molar-refractivity contribution in [1.82, 2.24) is 5.32 Å². The van der Waals surface area contributed by atoms with Gasteiger partial charge in [-0.15, -0.1) is 0 Å². The number of amides is 1. The van der Waals surface area contributed by atoms with Crippen molar-refractivity contribution >= 4 is 5.91 Å². The van der Waals surface area contributed by atoms with Crippen LogP contribution in [0.3, 0.4) is 0 Å². The summed E-state index contributed by atoms with van der Waals surface area (Å²) in [5, 5.41) is 34.2. The Kier molecular flexibility index (Phi) is 9.77. The molecule has 1 atom stereocenters. The Morgan fingerprint density at radius 2 is 1.33 bits per heavy atom. The van der Waals surface area contributed by atoms with E-state index in [0.717, 1.165) is 32.2 Å². The zero-order chi connectivity index (χ0) is 26.0. The van der Waals surface area contributed by atoms with Gasteiger partial charge < -0.3 is 25.4 Å². The van der Waals surface area contributed by atoms with Crippen LogP contribution >= 0.6 is 0 Å². The molecule has 0 aliphatic carbocycles. The maximum atomic E-state index is 11.9. The lowest BCUT2D eigenvalue weighted by atomic mass is 9.80. The number of benzene rings is 3. The molecule has 1 unspecified atom stereocenters. The molecule has 3 rings (SSSR count). The highest BCUT2D eigenvalue weighted by Crippen LogP contribution is 2.38. The molecular formula is C30H37NO5. The molecule has 1 amide bonds. The molecule has 0 aromatic heterocycles. The van der Waals surface area contributed by atoms with Gasteiger partial charge in [-0.05, 0) is 78.3 Å². The van der Waals surface area contributed by atoms with Gasteiger partial charge in [0.15, 0.2) is 0 Å². The molecular weight excluding hydrogens is 454 g/mol. The monoisotopic (exact) mass is 491 g/mol. The van der Waals surface area contributed by atoms with E-state index in [4.69, 9.17) is 4.74 Å². The predicted molar refractivity (Wildman–Crippen MR) is 141 cm³/mol. The fourth-order valence-corrected chi connectivity index (χ4v) is 3.97. The number of rotatable bonds is 13. The minimum Gasteiger partial charge on any atom is -0.508 e. The first-order chi connectivity index (χ1) is 17.3. The van der Waals surface area contributed by atoms with Gasteiger partial charge in [0.05, 0.1) is 6.61 Å². The maximum absolute atomic E-state index is 11.9. The van der Waals surface area contributed by atoms with Crippen molar-refractivity contribution < 1.29 is 24.9 Å². The second kappa shape index (κ2) is 13.0. The van der Waals surface area contributed by atoms with Crippen LogP contribution in [0.25, 0.3) is 0 Å². The van der Waals surface area contributed by atoms with Crippen LogP contribution < -0.4 is 10.1 Å². The number of carbonyl (C=O) groups excluding carboxylic acids is 1. The Morgan fingerprint density at radius 3 is 1.83 bits per heavy atom. The number of ether oxygens (including phenoxy) is 1. The third kappa shape index (κ3) is 7.25. The van der Waals surface area contributed by atoms with Crippen LogP contribution in [-0.4, -0.2) is 34.4 Å². The summed E-state index contributed by atoms with van der Waals surface area (Å²) in [5.74, 6) is 1.54. The molecule has 6 nitrogen and oxygen atoms in total. The topological polar surface area (TPSA) is 99.0 Å². The summed E-state index contributed by atoms with van der Waals surface area (Å²) in [6.07, 6.45) is 4.20. The molecule has 192 valence electrons. The summed E-state index contributed by atoms with van der Waals surface area (Å²) >= 11 is 0. The molecule has 0 aliphatic heterocycles. The maximum Gasteiger partial charge on any atom is 0.220 e. The number of aromatic hydroxyl groups is 2. The smallest absolute Gasteiger partial charge is 0.220 e. The first-order valence-corrected chi connectivity index (χ1v) is 12.6. The van der Waals surface area contributed by atoms with E-state index in [1.807, 2.05) is 24.3 Å². The van der Waals surface area contributed by atoms with Gasteiger partial charge in [0, 0.05) is 13.0 Å². The number of unbranched alkanes of at least 4 members (excludes halogenated alkanes) is 2. The zero-order valence-electron chi connectivity index (χ0n) is 21.1. The number of hydrogen-bond acceptors (Lipinski definition) is 5. The van der Waals surface area contributed by atoms with Crippen LogP contribution in [0, 0.1) is 5.92 Å². The van der Waals surface area contributed by atoms with Crippen LogP contribution in [0.2, 0.25) is 0 Å². The number of nitrogens with one attached hydrogen (secondary N) is 1. The van der Waals surface area contributed by atoms with Crippen molar-refractivity contribution in [2.24, 2.45) is 5.92 Å². The van der Waals surface area contributed by atoms with E-state index in [1.165, 1.54) is 24.3 Å². The van der Waals surface area contributed by atoms with E-state index in [1.54, 1.807) is 24.3 Å². The summed E-state index contributed by atoms with van der Waals surface area (Å²) in [6, 6.07) is 20.1. The summed E-state index contributed by atoms with van der Waals surface area (Å²) < 4.78 is 5.87. The third-order valence-electron chi connectivity index (χ3n) is 6.50. The van der Waals surface area contributed by atoms with Gasteiger partial charge in [0.25, 0.3) is 0 Å². The second-order valence-corrected chi connectivity index (χ2v) is 9.31. The van der Waals surface area contributed by atoms with E-state index >= 15 is 0 Å². The number of hydrogen-bond donors (Lipinski definition) is 4. The quantitative estimate of drug-likeness (QED) is 0.187. The van der Waals surface area contributed by atoms with E-state index < -0.39 is 5.60 Å². The van der Waals surface area contributed by atoms with E-state index in [0.29, 0.717) is 41.4 Å². The molecule has 0 saturated carbocycles. The first kappa shape index (κ1) is 27.1. The number of aliphatic hydroxyl groups is 1. The minimum atomic E-state index is -1.48. The molecule has 4 N–H and O–H groups in total. The number of carbonyl (C=O) groups is 1. The molecule has 0 bridgehead atoms. The van der Waals surface area contributed by atoms with Crippen molar-refractivity contribution in [2.45, 2.75) is 51.6 Å². The second-order valence-electron chi connectivity index (χ2n) is 9.31. The summed E-state index contributed by atoms with van der Waals surface area (Å²) in [7, 11) is 0. The Hall–Kier alpha value is -3.51. The Balaban J connectivity index is 1.57. The molecule has 0 fully saturated rings. The molecule has 0 spiro atoms. The van der Waals surface area contributed by atoms with Crippen LogP contribution in [0.1, 0.15) is 62.6 Å². The minimum absolute atomic E-state index is 0.113. The van der Waals surface area contributed by atoms with Crippen molar-refractivity contribution in [1.29, 1.82) is 0 Å². The normalized spacial score (nSPS) is 12.2. The van der Waals surface area contributed by atoms with Crippen LogP contribution in [0.15, 0.2) is 72.8 Å². The predicted octanol–water partition coefficient (Wildman–Crippen LogP) is 5.48. The molecule has 0 heterocycles. The molecule has 0 saturated heterocycles. The highest BCUT2D eigenvalue weighted by atomic mass is 16.5. The summed E-state index contributed by atoms with van der Waals surface area (Å²) in [4.78, 5) is 11.9. The summed E-state index contributed by atoms with van der Waals surface area (Å²) in [6.45, 7) is 5.54. The van der Waals surface area contributed by atoms with Crippen molar-refractivity contribution in [2.75, 3.05) is 13.2 Å². The highest BCUT2D eigenvalue weighted by Gasteiger charge is 2.34. The van der Waals surface area contributed by atoms with Crippen LogP contribution in [0.5, 0.6) is 17.2 Å². The van der Waals surface area contributed by atoms with Crippen LogP contribution in [-0.2, 0) is 10.4 Å². The lowest BCUT2D eigenvalue weighted by Crippen LogP contribution is -2.28. The van der Waals surface area contributed by atoms with E-state index in [2.05, 4.69) is 19.2 Å². The van der Waals surface area contributed by atoms with Crippen molar-refractivity contribution in [3.8, 4) is 17.2 Å². The number of phenols is 2. The molecule has 3 aromatic rings. The Labute approximate surface area is 213 Å². The average molecular weight is 492 g/mol. The molecule has 0 aliphatic rings.